The molecule has 1 N–H and O–H groups in total. The zero-order valence-corrected chi connectivity index (χ0v) is 19.6. The molecule has 2 aromatic carbocycles. The molecule has 1 saturated heterocycles. The fourth-order valence-corrected chi connectivity index (χ4v) is 4.74. The van der Waals surface area contributed by atoms with E-state index in [1.807, 2.05) is 0 Å². The number of thiazole rings is 1. The van der Waals surface area contributed by atoms with Crippen LogP contribution >= 0.6 is 22.9 Å². The lowest BCUT2D eigenvalue weighted by molar-refractivity contribution is -0.132. The number of halogens is 2. The lowest BCUT2D eigenvalue weighted by Gasteiger charge is -2.23. The third-order valence-electron chi connectivity index (χ3n) is 5.20. The van der Waals surface area contributed by atoms with Crippen molar-refractivity contribution in [2.75, 3.05) is 11.5 Å². The SMILES string of the molecule is CCOC(=O)c1sc(N2C(=O)C(=O)C(=C(O)c3ccc(Cl)cc3)[C@H]2c2ccc(F)cc2)nc1C. The highest BCUT2D eigenvalue weighted by Crippen LogP contribution is 2.44. The smallest absolute Gasteiger partial charge is 0.350 e. The molecule has 3 aromatic rings. The summed E-state index contributed by atoms with van der Waals surface area (Å²) in [6, 6.07) is 10.2. The van der Waals surface area contributed by atoms with Crippen LogP contribution in [-0.4, -0.2) is 34.4 Å². The van der Waals surface area contributed by atoms with Crippen LogP contribution in [-0.2, 0) is 14.3 Å². The van der Waals surface area contributed by atoms with Crippen molar-refractivity contribution >= 4 is 51.5 Å². The number of benzene rings is 2. The number of aliphatic hydroxyl groups is 1. The number of rotatable bonds is 5. The molecule has 1 aliphatic rings. The average molecular weight is 501 g/mol. The van der Waals surface area contributed by atoms with E-state index >= 15 is 0 Å². The maximum Gasteiger partial charge on any atom is 0.350 e. The Morgan fingerprint density at radius 1 is 1.18 bits per heavy atom. The van der Waals surface area contributed by atoms with Gasteiger partial charge < -0.3 is 9.84 Å². The van der Waals surface area contributed by atoms with Crippen molar-refractivity contribution in [2.45, 2.75) is 19.9 Å². The topological polar surface area (TPSA) is 96.8 Å². The van der Waals surface area contributed by atoms with Crippen LogP contribution in [0.1, 0.15) is 39.5 Å². The minimum Gasteiger partial charge on any atom is -0.507 e. The molecule has 0 saturated carbocycles. The molecule has 1 atom stereocenters. The first kappa shape index (κ1) is 23.6. The monoisotopic (exact) mass is 500 g/mol. The molecule has 174 valence electrons. The van der Waals surface area contributed by atoms with Gasteiger partial charge in [0.1, 0.15) is 16.5 Å². The molecule has 0 aliphatic carbocycles. The zero-order valence-electron chi connectivity index (χ0n) is 18.0. The molecule has 4 rings (SSSR count). The number of ketones is 1. The second kappa shape index (κ2) is 9.36. The van der Waals surface area contributed by atoms with Gasteiger partial charge in [0.2, 0.25) is 0 Å². The van der Waals surface area contributed by atoms with Gasteiger partial charge in [-0.25, -0.2) is 14.2 Å². The van der Waals surface area contributed by atoms with E-state index in [0.717, 1.165) is 16.2 Å². The molecule has 7 nitrogen and oxygen atoms in total. The van der Waals surface area contributed by atoms with Gasteiger partial charge in [0.15, 0.2) is 5.13 Å². The highest BCUT2D eigenvalue weighted by Gasteiger charge is 2.48. The maximum absolute atomic E-state index is 13.6. The number of aryl methyl sites for hydroxylation is 1. The summed E-state index contributed by atoms with van der Waals surface area (Å²) >= 11 is 6.82. The fourth-order valence-electron chi connectivity index (χ4n) is 3.62. The molecular weight excluding hydrogens is 483 g/mol. The Labute approximate surface area is 203 Å². The normalized spacial score (nSPS) is 17.3. The van der Waals surface area contributed by atoms with Crippen molar-refractivity contribution in [3.63, 3.8) is 0 Å². The summed E-state index contributed by atoms with van der Waals surface area (Å²) in [5, 5.41) is 11.5. The lowest BCUT2D eigenvalue weighted by Crippen LogP contribution is -2.29. The lowest BCUT2D eigenvalue weighted by atomic mass is 9.95. The fraction of sp³-hybridized carbons (Fsp3) is 0.167. The van der Waals surface area contributed by atoms with Gasteiger partial charge in [0.05, 0.1) is 23.9 Å². The second-order valence-corrected chi connectivity index (χ2v) is 8.77. The van der Waals surface area contributed by atoms with E-state index in [1.165, 1.54) is 48.5 Å². The third-order valence-corrected chi connectivity index (χ3v) is 6.59. The van der Waals surface area contributed by atoms with Gasteiger partial charge in [0.25, 0.3) is 5.78 Å². The summed E-state index contributed by atoms with van der Waals surface area (Å²) in [7, 11) is 0. The van der Waals surface area contributed by atoms with Crippen molar-refractivity contribution in [1.82, 2.24) is 4.98 Å². The van der Waals surface area contributed by atoms with Crippen molar-refractivity contribution in [3.05, 3.63) is 86.6 Å². The number of hydrogen-bond acceptors (Lipinski definition) is 7. The zero-order chi connectivity index (χ0) is 24.6. The van der Waals surface area contributed by atoms with Gasteiger partial charge in [-0.3, -0.25) is 14.5 Å². The summed E-state index contributed by atoms with van der Waals surface area (Å²) in [5.74, 6) is -3.39. The van der Waals surface area contributed by atoms with Crippen LogP contribution in [0.25, 0.3) is 5.76 Å². The molecule has 0 spiro atoms. The number of nitrogens with zero attached hydrogens (tertiary/aromatic N) is 2. The molecule has 34 heavy (non-hydrogen) atoms. The molecular formula is C24H18ClFN2O5S. The first-order valence-corrected chi connectivity index (χ1v) is 11.4. The third kappa shape index (κ3) is 4.20. The second-order valence-electron chi connectivity index (χ2n) is 7.36. The Hall–Kier alpha value is -3.56. The Bertz CT molecular complexity index is 1320. The molecule has 1 aliphatic heterocycles. The summed E-state index contributed by atoms with van der Waals surface area (Å²) in [5.41, 5.74) is 0.791. The quantitative estimate of drug-likeness (QED) is 0.228. The first-order chi connectivity index (χ1) is 16.2. The van der Waals surface area contributed by atoms with E-state index in [1.54, 1.807) is 13.8 Å². The number of carbonyl (C=O) groups excluding carboxylic acids is 3. The number of aliphatic hydroxyl groups excluding tert-OH is 1. The van der Waals surface area contributed by atoms with Crippen LogP contribution < -0.4 is 4.90 Å². The molecule has 0 bridgehead atoms. The number of anilines is 1. The number of aromatic nitrogens is 1. The predicted octanol–water partition coefficient (Wildman–Crippen LogP) is 5.05. The van der Waals surface area contributed by atoms with E-state index in [0.29, 0.717) is 16.3 Å². The standard InChI is InChI=1S/C24H18ClFN2O5S/c1-3-33-23(32)21-12(2)27-24(34-21)28-18(13-6-10-16(26)11-7-13)17(20(30)22(28)31)19(29)14-4-8-15(25)9-5-14/h4-11,18,29H,3H2,1-2H3/t18-/m1/s1. The molecule has 0 unspecified atom stereocenters. The van der Waals surface area contributed by atoms with Crippen LogP contribution in [0.15, 0.2) is 54.1 Å². The molecule has 10 heteroatoms. The summed E-state index contributed by atoms with van der Waals surface area (Å²) in [6.45, 7) is 3.41. The summed E-state index contributed by atoms with van der Waals surface area (Å²) in [6.07, 6.45) is 0. The summed E-state index contributed by atoms with van der Waals surface area (Å²) in [4.78, 5) is 44.2. The van der Waals surface area contributed by atoms with E-state index < -0.39 is 35.3 Å². The Morgan fingerprint density at radius 3 is 2.44 bits per heavy atom. The number of Topliss-reactive ketones (excluding diaryl/α,β-unsaturated/α-hetero) is 1. The van der Waals surface area contributed by atoms with Gasteiger partial charge in [-0.1, -0.05) is 35.1 Å². The van der Waals surface area contributed by atoms with Crippen LogP contribution in [0, 0.1) is 12.7 Å². The Morgan fingerprint density at radius 2 is 1.82 bits per heavy atom. The van der Waals surface area contributed by atoms with Crippen molar-refractivity contribution in [2.24, 2.45) is 0 Å². The van der Waals surface area contributed by atoms with E-state index in [2.05, 4.69) is 4.98 Å². The molecule has 1 fully saturated rings. The molecule has 1 aromatic heterocycles. The minimum absolute atomic E-state index is 0.0761. The van der Waals surface area contributed by atoms with Crippen LogP contribution in [0.2, 0.25) is 5.02 Å². The predicted molar refractivity (Wildman–Crippen MR) is 125 cm³/mol. The highest BCUT2D eigenvalue weighted by atomic mass is 35.5. The van der Waals surface area contributed by atoms with Crippen molar-refractivity contribution in [1.29, 1.82) is 0 Å². The molecule has 1 amide bonds. The Balaban J connectivity index is 1.90. The average Bonchev–Trinajstić information content (AvgIpc) is 3.31. The van der Waals surface area contributed by atoms with Crippen LogP contribution in [0.5, 0.6) is 0 Å². The van der Waals surface area contributed by atoms with Crippen LogP contribution in [0.3, 0.4) is 0 Å². The number of amides is 1. The molecule has 0 radical (unpaired) electrons. The van der Waals surface area contributed by atoms with E-state index in [9.17, 15) is 23.9 Å². The van der Waals surface area contributed by atoms with Gasteiger partial charge >= 0.3 is 11.9 Å². The Kier molecular flexibility index (Phi) is 6.49. The van der Waals surface area contributed by atoms with Crippen LogP contribution in [0.4, 0.5) is 9.52 Å². The largest absolute Gasteiger partial charge is 0.507 e. The van der Waals surface area contributed by atoms with Crippen molar-refractivity contribution in [3.8, 4) is 0 Å². The van der Waals surface area contributed by atoms with Gasteiger partial charge in [-0.2, -0.15) is 0 Å². The number of esters is 1. The number of carbonyl (C=O) groups is 3. The van der Waals surface area contributed by atoms with E-state index in [-0.39, 0.29) is 27.8 Å². The van der Waals surface area contributed by atoms with Gasteiger partial charge in [-0.15, -0.1) is 0 Å². The van der Waals surface area contributed by atoms with Gasteiger partial charge in [0, 0.05) is 10.6 Å². The maximum atomic E-state index is 13.6. The van der Waals surface area contributed by atoms with Crippen molar-refractivity contribution < 1.29 is 28.6 Å². The summed E-state index contributed by atoms with van der Waals surface area (Å²) < 4.78 is 18.7. The molecule has 2 heterocycles. The number of ether oxygens (including phenoxy) is 1. The highest BCUT2D eigenvalue weighted by molar-refractivity contribution is 7.17. The van der Waals surface area contributed by atoms with Gasteiger partial charge in [-0.05, 0) is 55.8 Å². The van der Waals surface area contributed by atoms with E-state index in [4.69, 9.17) is 16.3 Å². The first-order valence-electron chi connectivity index (χ1n) is 10.2. The minimum atomic E-state index is -1.10. The number of hydrogen-bond donors (Lipinski definition) is 1.